The Kier molecular flexibility index (Phi) is 4.75. The second-order valence-corrected chi connectivity index (χ2v) is 6.88. The molecule has 1 amide bonds. The number of carbonyl (C=O) groups excluding carboxylic acids is 1. The Morgan fingerprint density at radius 2 is 1.74 bits per heavy atom. The molecule has 1 aromatic carbocycles. The SMILES string of the molecule is O=C(O)c1ccc(C(=O)N(Cc2ccc3c(c2)OCO3)C2CCCCC2)o1. The van der Waals surface area contributed by atoms with Crippen molar-refractivity contribution in [3.05, 3.63) is 47.4 Å². The summed E-state index contributed by atoms with van der Waals surface area (Å²) in [7, 11) is 0. The summed E-state index contributed by atoms with van der Waals surface area (Å²) in [5.41, 5.74) is 0.934. The summed E-state index contributed by atoms with van der Waals surface area (Å²) in [6.07, 6.45) is 5.19. The molecule has 0 spiro atoms. The predicted octanol–water partition coefficient (Wildman–Crippen LogP) is 3.68. The number of hydrogen-bond donors (Lipinski definition) is 1. The van der Waals surface area contributed by atoms with Gasteiger partial charge in [0.05, 0.1) is 0 Å². The Bertz CT molecular complexity index is 852. The molecule has 1 saturated carbocycles. The molecule has 2 aromatic rings. The highest BCUT2D eigenvalue weighted by Crippen LogP contribution is 2.34. The first-order valence-electron chi connectivity index (χ1n) is 9.14. The van der Waals surface area contributed by atoms with Crippen LogP contribution in [0.5, 0.6) is 11.5 Å². The van der Waals surface area contributed by atoms with Crippen molar-refractivity contribution in [2.45, 2.75) is 44.7 Å². The third kappa shape index (κ3) is 3.63. The zero-order valence-electron chi connectivity index (χ0n) is 14.8. The highest BCUT2D eigenvalue weighted by molar-refractivity contribution is 5.93. The van der Waals surface area contributed by atoms with Crippen LogP contribution in [0.25, 0.3) is 0 Å². The molecule has 4 rings (SSSR count). The third-order valence-electron chi connectivity index (χ3n) is 5.09. The maximum absolute atomic E-state index is 13.1. The lowest BCUT2D eigenvalue weighted by Crippen LogP contribution is -2.40. The number of carbonyl (C=O) groups is 2. The van der Waals surface area contributed by atoms with E-state index in [1.54, 1.807) is 4.90 Å². The number of hydrogen-bond acceptors (Lipinski definition) is 5. The van der Waals surface area contributed by atoms with Gasteiger partial charge in [-0.1, -0.05) is 25.3 Å². The molecule has 0 atom stereocenters. The van der Waals surface area contributed by atoms with Crippen LogP contribution >= 0.6 is 0 Å². The fourth-order valence-electron chi connectivity index (χ4n) is 3.70. The topological polar surface area (TPSA) is 89.2 Å². The van der Waals surface area contributed by atoms with Gasteiger partial charge in [0, 0.05) is 12.6 Å². The monoisotopic (exact) mass is 371 g/mol. The molecule has 1 aliphatic heterocycles. The van der Waals surface area contributed by atoms with E-state index in [0.717, 1.165) is 31.2 Å². The Morgan fingerprint density at radius 3 is 2.48 bits per heavy atom. The fourth-order valence-corrected chi connectivity index (χ4v) is 3.70. The summed E-state index contributed by atoms with van der Waals surface area (Å²) >= 11 is 0. The van der Waals surface area contributed by atoms with E-state index in [1.807, 2.05) is 18.2 Å². The van der Waals surface area contributed by atoms with E-state index >= 15 is 0 Å². The van der Waals surface area contributed by atoms with Crippen LogP contribution in [0.1, 0.15) is 58.8 Å². The van der Waals surface area contributed by atoms with E-state index in [1.165, 1.54) is 18.6 Å². The lowest BCUT2D eigenvalue weighted by molar-refractivity contribution is 0.0570. The molecule has 1 aliphatic carbocycles. The number of fused-ring (bicyclic) bond motifs is 1. The van der Waals surface area contributed by atoms with Gasteiger partial charge in [0.1, 0.15) is 0 Å². The summed E-state index contributed by atoms with van der Waals surface area (Å²) < 4.78 is 16.0. The summed E-state index contributed by atoms with van der Waals surface area (Å²) in [6, 6.07) is 8.50. The van der Waals surface area contributed by atoms with Crippen LogP contribution in [0.3, 0.4) is 0 Å². The molecule has 0 unspecified atom stereocenters. The first kappa shape index (κ1) is 17.5. The van der Waals surface area contributed by atoms with Crippen molar-refractivity contribution in [2.24, 2.45) is 0 Å². The average molecular weight is 371 g/mol. The summed E-state index contributed by atoms with van der Waals surface area (Å²) in [5.74, 6) is -0.272. The first-order valence-corrected chi connectivity index (χ1v) is 9.14. The van der Waals surface area contributed by atoms with Crippen molar-refractivity contribution < 1.29 is 28.6 Å². The van der Waals surface area contributed by atoms with Gasteiger partial charge in [-0.15, -0.1) is 0 Å². The number of aromatic carboxylic acids is 1. The minimum atomic E-state index is -1.19. The van der Waals surface area contributed by atoms with Gasteiger partial charge in [0.25, 0.3) is 5.91 Å². The lowest BCUT2D eigenvalue weighted by atomic mass is 9.93. The molecular formula is C20H21NO6. The van der Waals surface area contributed by atoms with Crippen LogP contribution < -0.4 is 9.47 Å². The first-order chi connectivity index (χ1) is 13.1. The summed E-state index contributed by atoms with van der Waals surface area (Å²) in [6.45, 7) is 0.609. The van der Waals surface area contributed by atoms with Gasteiger partial charge in [-0.2, -0.15) is 0 Å². The summed E-state index contributed by atoms with van der Waals surface area (Å²) in [4.78, 5) is 26.0. The fraction of sp³-hybridized carbons (Fsp3) is 0.400. The molecular weight excluding hydrogens is 350 g/mol. The van der Waals surface area contributed by atoms with Crippen molar-refractivity contribution in [3.8, 4) is 11.5 Å². The molecule has 27 heavy (non-hydrogen) atoms. The predicted molar refractivity (Wildman–Crippen MR) is 95.0 cm³/mol. The second-order valence-electron chi connectivity index (χ2n) is 6.88. The molecule has 1 aromatic heterocycles. The number of rotatable bonds is 5. The van der Waals surface area contributed by atoms with E-state index < -0.39 is 5.97 Å². The number of carboxylic acids is 1. The summed E-state index contributed by atoms with van der Waals surface area (Å²) in [5, 5.41) is 9.05. The number of carboxylic acid groups (broad SMARTS) is 1. The molecule has 2 aliphatic rings. The van der Waals surface area contributed by atoms with Gasteiger partial charge >= 0.3 is 5.97 Å². The molecule has 0 radical (unpaired) electrons. The third-order valence-corrected chi connectivity index (χ3v) is 5.09. The average Bonchev–Trinajstić information content (AvgIpc) is 3.35. The Labute approximate surface area is 156 Å². The van der Waals surface area contributed by atoms with Crippen LogP contribution in [0.2, 0.25) is 0 Å². The van der Waals surface area contributed by atoms with Crippen molar-refractivity contribution >= 4 is 11.9 Å². The van der Waals surface area contributed by atoms with Crippen LogP contribution in [0.4, 0.5) is 0 Å². The van der Waals surface area contributed by atoms with E-state index in [-0.39, 0.29) is 30.3 Å². The zero-order chi connectivity index (χ0) is 18.8. The number of amides is 1. The largest absolute Gasteiger partial charge is 0.475 e. The Balaban J connectivity index is 1.59. The Morgan fingerprint density at radius 1 is 1.00 bits per heavy atom. The number of furan rings is 1. The van der Waals surface area contributed by atoms with E-state index in [2.05, 4.69) is 0 Å². The standard InChI is InChI=1S/C20H21NO6/c22-19(16-8-9-17(27-16)20(23)24)21(14-4-2-1-3-5-14)11-13-6-7-15-18(10-13)26-12-25-15/h6-10,14H,1-5,11-12H2,(H,23,24). The van der Waals surface area contributed by atoms with Crippen molar-refractivity contribution in [2.75, 3.05) is 6.79 Å². The van der Waals surface area contributed by atoms with Gasteiger partial charge in [0.15, 0.2) is 17.3 Å². The molecule has 1 N–H and O–H groups in total. The van der Waals surface area contributed by atoms with Gasteiger partial charge in [-0.25, -0.2) is 4.79 Å². The highest BCUT2D eigenvalue weighted by atomic mass is 16.7. The van der Waals surface area contributed by atoms with Crippen LogP contribution in [0.15, 0.2) is 34.7 Å². The van der Waals surface area contributed by atoms with Crippen molar-refractivity contribution in [1.29, 1.82) is 0 Å². The lowest BCUT2D eigenvalue weighted by Gasteiger charge is -2.34. The number of ether oxygens (including phenoxy) is 2. The minimum Gasteiger partial charge on any atom is -0.475 e. The van der Waals surface area contributed by atoms with Crippen LogP contribution in [-0.2, 0) is 6.54 Å². The number of nitrogens with zero attached hydrogens (tertiary/aromatic N) is 1. The quantitative estimate of drug-likeness (QED) is 0.862. The van der Waals surface area contributed by atoms with Gasteiger partial charge in [0.2, 0.25) is 12.6 Å². The van der Waals surface area contributed by atoms with Gasteiger partial charge in [-0.05, 0) is 42.7 Å². The van der Waals surface area contributed by atoms with Crippen molar-refractivity contribution in [1.82, 2.24) is 4.90 Å². The molecule has 7 heteroatoms. The second kappa shape index (κ2) is 7.34. The van der Waals surface area contributed by atoms with Crippen LogP contribution in [0, 0.1) is 0 Å². The van der Waals surface area contributed by atoms with Crippen molar-refractivity contribution in [3.63, 3.8) is 0 Å². The highest BCUT2D eigenvalue weighted by Gasteiger charge is 2.29. The molecule has 2 heterocycles. The van der Waals surface area contributed by atoms with E-state index in [4.69, 9.17) is 19.0 Å². The van der Waals surface area contributed by atoms with Gasteiger partial charge < -0.3 is 23.9 Å². The maximum atomic E-state index is 13.1. The maximum Gasteiger partial charge on any atom is 0.371 e. The zero-order valence-corrected chi connectivity index (χ0v) is 14.8. The molecule has 1 fully saturated rings. The van der Waals surface area contributed by atoms with Gasteiger partial charge in [-0.3, -0.25) is 4.79 Å². The minimum absolute atomic E-state index is 0.0544. The molecule has 0 bridgehead atoms. The Hall–Kier alpha value is -2.96. The smallest absolute Gasteiger partial charge is 0.371 e. The molecule has 7 nitrogen and oxygen atoms in total. The molecule has 142 valence electrons. The number of benzene rings is 1. The van der Waals surface area contributed by atoms with Crippen LogP contribution in [-0.4, -0.2) is 34.7 Å². The van der Waals surface area contributed by atoms with E-state index in [9.17, 15) is 9.59 Å². The molecule has 0 saturated heterocycles. The van der Waals surface area contributed by atoms with E-state index in [0.29, 0.717) is 18.0 Å². The normalized spacial score (nSPS) is 16.3.